The van der Waals surface area contributed by atoms with Crippen molar-refractivity contribution >= 4 is 0 Å². The van der Waals surface area contributed by atoms with E-state index in [-0.39, 0.29) is 0 Å². The second-order valence-corrected chi connectivity index (χ2v) is 4.43. The molecule has 0 bridgehead atoms. The lowest BCUT2D eigenvalue weighted by atomic mass is 9.84. The summed E-state index contributed by atoms with van der Waals surface area (Å²) in [6, 6.07) is 0. The van der Waals surface area contributed by atoms with E-state index in [9.17, 15) is 0 Å². The fourth-order valence-electron chi connectivity index (χ4n) is 2.36. The lowest BCUT2D eigenvalue weighted by Crippen LogP contribution is -2.10. The highest BCUT2D eigenvalue weighted by molar-refractivity contribution is 5.01. The molecule has 0 saturated heterocycles. The molecule has 11 heavy (non-hydrogen) atoms. The first-order valence-electron chi connectivity index (χ1n) is 5.21. The van der Waals surface area contributed by atoms with Gasteiger partial charge in [0.25, 0.3) is 0 Å². The summed E-state index contributed by atoms with van der Waals surface area (Å²) in [7, 11) is 0. The van der Waals surface area contributed by atoms with Crippen LogP contribution < -0.4 is 0 Å². The second kappa shape index (κ2) is 3.16. The average molecular weight is 154 g/mol. The quantitative estimate of drug-likeness (QED) is 0.497. The molecule has 0 aromatic rings. The van der Waals surface area contributed by atoms with Gasteiger partial charge in [-0.05, 0) is 36.5 Å². The highest BCUT2D eigenvalue weighted by Gasteiger charge is 2.51. The Hall–Kier alpha value is 0. The Kier molecular flexibility index (Phi) is 2.61. The molecule has 0 spiro atoms. The first kappa shape index (κ1) is 9.09. The summed E-state index contributed by atoms with van der Waals surface area (Å²) in [6.45, 7) is 8.86. The summed E-state index contributed by atoms with van der Waals surface area (Å²) < 4.78 is 0. The third-order valence-electron chi connectivity index (χ3n) is 3.43. The van der Waals surface area contributed by atoms with Crippen molar-refractivity contribution in [3.05, 3.63) is 0 Å². The lowest BCUT2D eigenvalue weighted by Gasteiger charge is -2.21. The third kappa shape index (κ3) is 1.77. The predicted octanol–water partition coefficient (Wildman–Crippen LogP) is 3.86. The van der Waals surface area contributed by atoms with E-state index in [2.05, 4.69) is 13.8 Å². The molecule has 2 saturated carbocycles. The van der Waals surface area contributed by atoms with Crippen LogP contribution in [0, 0.1) is 17.3 Å². The van der Waals surface area contributed by atoms with Crippen LogP contribution in [0.4, 0.5) is 0 Å². The van der Waals surface area contributed by atoms with Gasteiger partial charge in [0, 0.05) is 0 Å². The Morgan fingerprint density at radius 2 is 1.91 bits per heavy atom. The molecule has 66 valence electrons. The molecule has 3 unspecified atom stereocenters. The molecule has 2 aliphatic carbocycles. The van der Waals surface area contributed by atoms with Gasteiger partial charge in [-0.1, -0.05) is 34.1 Å². The molecule has 3 atom stereocenters. The van der Waals surface area contributed by atoms with E-state index in [4.69, 9.17) is 0 Å². The molecular formula is C11H22. The molecule has 0 N–H and O–H groups in total. The first-order valence-corrected chi connectivity index (χ1v) is 5.21. The molecule has 0 nitrogen and oxygen atoms in total. The number of fused-ring (bicyclic) bond motifs is 1. The summed E-state index contributed by atoms with van der Waals surface area (Å²) >= 11 is 0. The van der Waals surface area contributed by atoms with E-state index in [0.29, 0.717) is 0 Å². The maximum Gasteiger partial charge on any atom is -0.0294 e. The minimum Gasteiger partial charge on any atom is -0.0683 e. The Morgan fingerprint density at radius 3 is 2.36 bits per heavy atom. The van der Waals surface area contributed by atoms with Crippen LogP contribution in [0.5, 0.6) is 0 Å². The van der Waals surface area contributed by atoms with E-state index in [1.807, 2.05) is 13.8 Å². The standard InChI is InChI=1S/C9H16.C2H6/c1-7-3-4-9(2)6-8(9)5-7;1-2/h7-8H,3-6H2,1-2H3;1-2H3. The van der Waals surface area contributed by atoms with E-state index >= 15 is 0 Å². The van der Waals surface area contributed by atoms with Crippen LogP contribution in [0.2, 0.25) is 0 Å². The molecule has 0 aliphatic heterocycles. The fraction of sp³-hybridized carbons (Fsp3) is 1.00. The van der Waals surface area contributed by atoms with Crippen molar-refractivity contribution in [1.29, 1.82) is 0 Å². The first-order chi connectivity index (χ1) is 5.21. The van der Waals surface area contributed by atoms with Gasteiger partial charge in [-0.3, -0.25) is 0 Å². The van der Waals surface area contributed by atoms with E-state index < -0.39 is 0 Å². The van der Waals surface area contributed by atoms with Gasteiger partial charge in [-0.25, -0.2) is 0 Å². The maximum atomic E-state index is 2.46. The zero-order valence-electron chi connectivity index (χ0n) is 8.48. The highest BCUT2D eigenvalue weighted by Crippen LogP contribution is 2.61. The van der Waals surface area contributed by atoms with E-state index in [1.165, 1.54) is 25.7 Å². The highest BCUT2D eigenvalue weighted by atomic mass is 14.6. The van der Waals surface area contributed by atoms with Crippen LogP contribution in [-0.4, -0.2) is 0 Å². The van der Waals surface area contributed by atoms with Crippen LogP contribution in [-0.2, 0) is 0 Å². The van der Waals surface area contributed by atoms with Crippen LogP contribution in [0.3, 0.4) is 0 Å². The molecule has 0 aromatic carbocycles. The number of hydrogen-bond donors (Lipinski definition) is 0. The van der Waals surface area contributed by atoms with Gasteiger partial charge in [0.2, 0.25) is 0 Å². The number of rotatable bonds is 0. The summed E-state index contributed by atoms with van der Waals surface area (Å²) in [5, 5.41) is 0. The molecular weight excluding hydrogens is 132 g/mol. The molecule has 2 rings (SSSR count). The summed E-state index contributed by atoms with van der Waals surface area (Å²) in [5.41, 5.74) is 0.826. The van der Waals surface area contributed by atoms with Crippen molar-refractivity contribution in [2.45, 2.75) is 53.4 Å². The molecule has 0 radical (unpaired) electrons. The summed E-state index contributed by atoms with van der Waals surface area (Å²) in [4.78, 5) is 0. The maximum absolute atomic E-state index is 2.46. The van der Waals surface area contributed by atoms with Gasteiger partial charge in [-0.15, -0.1) is 0 Å². The average Bonchev–Trinajstić information content (AvgIpc) is 2.65. The van der Waals surface area contributed by atoms with Gasteiger partial charge >= 0.3 is 0 Å². The van der Waals surface area contributed by atoms with Crippen molar-refractivity contribution < 1.29 is 0 Å². The number of hydrogen-bond acceptors (Lipinski definition) is 0. The zero-order chi connectivity index (χ0) is 8.48. The summed E-state index contributed by atoms with van der Waals surface area (Å²) in [5.74, 6) is 2.16. The Balaban J connectivity index is 0.000000281. The minimum atomic E-state index is 0.826. The predicted molar refractivity (Wildman–Crippen MR) is 50.6 cm³/mol. The SMILES string of the molecule is CC.CC1CCC2(C)CC2C1. The van der Waals surface area contributed by atoms with E-state index in [1.54, 1.807) is 0 Å². The lowest BCUT2D eigenvalue weighted by molar-refractivity contribution is 0.295. The molecule has 0 aromatic heterocycles. The van der Waals surface area contributed by atoms with Gasteiger partial charge in [0.1, 0.15) is 0 Å². The van der Waals surface area contributed by atoms with Crippen molar-refractivity contribution in [3.8, 4) is 0 Å². The Labute approximate surface area is 71.4 Å². The normalized spacial score (nSPS) is 46.9. The monoisotopic (exact) mass is 154 g/mol. The van der Waals surface area contributed by atoms with Crippen LogP contribution in [0.15, 0.2) is 0 Å². The van der Waals surface area contributed by atoms with Crippen LogP contribution in [0.1, 0.15) is 53.4 Å². The molecule has 0 heteroatoms. The minimum absolute atomic E-state index is 0.826. The van der Waals surface area contributed by atoms with Crippen molar-refractivity contribution in [2.24, 2.45) is 17.3 Å². The largest absolute Gasteiger partial charge is 0.0683 e. The Bertz CT molecular complexity index is 128. The zero-order valence-corrected chi connectivity index (χ0v) is 8.48. The van der Waals surface area contributed by atoms with Gasteiger partial charge in [0.05, 0.1) is 0 Å². The molecule has 0 heterocycles. The van der Waals surface area contributed by atoms with Gasteiger partial charge in [0.15, 0.2) is 0 Å². The van der Waals surface area contributed by atoms with Crippen molar-refractivity contribution in [2.75, 3.05) is 0 Å². The van der Waals surface area contributed by atoms with Gasteiger partial charge < -0.3 is 0 Å². The molecule has 0 amide bonds. The second-order valence-electron chi connectivity index (χ2n) is 4.43. The summed E-state index contributed by atoms with van der Waals surface area (Å²) in [6.07, 6.45) is 6.07. The van der Waals surface area contributed by atoms with Crippen LogP contribution >= 0.6 is 0 Å². The molecule has 2 aliphatic rings. The van der Waals surface area contributed by atoms with Crippen molar-refractivity contribution in [3.63, 3.8) is 0 Å². The van der Waals surface area contributed by atoms with Crippen LogP contribution in [0.25, 0.3) is 0 Å². The Morgan fingerprint density at radius 1 is 1.27 bits per heavy atom. The van der Waals surface area contributed by atoms with Gasteiger partial charge in [-0.2, -0.15) is 0 Å². The van der Waals surface area contributed by atoms with E-state index in [0.717, 1.165) is 17.3 Å². The van der Waals surface area contributed by atoms with Crippen molar-refractivity contribution in [1.82, 2.24) is 0 Å². The molecule has 2 fully saturated rings. The third-order valence-corrected chi connectivity index (χ3v) is 3.43. The fourth-order valence-corrected chi connectivity index (χ4v) is 2.36. The topological polar surface area (TPSA) is 0 Å². The smallest absolute Gasteiger partial charge is 0.0294 e.